The maximum Gasteiger partial charge on any atom is 0.126 e. The lowest BCUT2D eigenvalue weighted by Crippen LogP contribution is -2.39. The van der Waals surface area contributed by atoms with Gasteiger partial charge in [-0.3, -0.25) is 5.41 Å². The minimum absolute atomic E-state index is 0.00935. The molecule has 0 saturated carbocycles. The molecule has 0 fully saturated rings. The molecule has 3 nitrogen and oxygen atoms in total. The van der Waals surface area contributed by atoms with Gasteiger partial charge in [-0.05, 0) is 27.2 Å². The molecule has 0 aromatic heterocycles. The second-order valence-corrected chi connectivity index (χ2v) is 3.29. The Bertz CT molecular complexity index is 149. The lowest BCUT2D eigenvalue weighted by molar-refractivity contribution is 0.0928. The summed E-state index contributed by atoms with van der Waals surface area (Å²) in [7, 11) is 0. The van der Waals surface area contributed by atoms with Gasteiger partial charge in [0.05, 0.1) is 0 Å². The van der Waals surface area contributed by atoms with Crippen molar-refractivity contribution in [3.63, 3.8) is 0 Å². The van der Waals surface area contributed by atoms with Gasteiger partial charge in [-0.2, -0.15) is 0 Å². The second-order valence-electron chi connectivity index (χ2n) is 3.29. The first-order valence-electron chi connectivity index (χ1n) is 5.66. The molecule has 0 aliphatic rings. The molecule has 0 spiro atoms. The van der Waals surface area contributed by atoms with Gasteiger partial charge in [0, 0.05) is 19.7 Å². The highest BCUT2D eigenvalue weighted by molar-refractivity contribution is 5.83. The average molecular weight is 200 g/mol. The number of nitrogens with zero attached hydrogens (tertiary/aromatic N) is 1. The zero-order chi connectivity index (χ0) is 11.0. The average Bonchev–Trinajstić information content (AvgIpc) is 2.19. The van der Waals surface area contributed by atoms with E-state index in [4.69, 9.17) is 10.1 Å². The van der Waals surface area contributed by atoms with Crippen molar-refractivity contribution in [2.75, 3.05) is 19.7 Å². The van der Waals surface area contributed by atoms with Crippen LogP contribution in [0.4, 0.5) is 0 Å². The molecule has 0 aliphatic heterocycles. The van der Waals surface area contributed by atoms with E-state index in [9.17, 15) is 0 Å². The highest BCUT2D eigenvalue weighted by atomic mass is 16.5. The van der Waals surface area contributed by atoms with Gasteiger partial charge < -0.3 is 9.64 Å². The monoisotopic (exact) mass is 200 g/mol. The predicted octanol–water partition coefficient (Wildman–Crippen LogP) is 2.51. The van der Waals surface area contributed by atoms with Crippen molar-refractivity contribution in [1.29, 1.82) is 5.41 Å². The Morgan fingerprint density at radius 3 is 2.14 bits per heavy atom. The van der Waals surface area contributed by atoms with Gasteiger partial charge in [0.1, 0.15) is 11.9 Å². The normalized spacial score (nSPS) is 12.6. The Kier molecular flexibility index (Phi) is 7.48. The molecular formula is C11H24N2O. The Balaban J connectivity index is 4.24. The number of likely N-dealkylation sites (N-methyl/N-ethyl adjacent to an activating group) is 1. The topological polar surface area (TPSA) is 36.3 Å². The fraction of sp³-hybridized carbons (Fsp3) is 0.909. The summed E-state index contributed by atoms with van der Waals surface area (Å²) >= 11 is 0. The third-order valence-corrected chi connectivity index (χ3v) is 2.33. The molecule has 3 heteroatoms. The zero-order valence-corrected chi connectivity index (χ0v) is 9.97. The van der Waals surface area contributed by atoms with Crippen LogP contribution in [0.3, 0.4) is 0 Å². The fourth-order valence-electron chi connectivity index (χ4n) is 1.53. The van der Waals surface area contributed by atoms with Gasteiger partial charge in [-0.25, -0.2) is 0 Å². The minimum atomic E-state index is -0.00935. The van der Waals surface area contributed by atoms with Crippen LogP contribution >= 0.6 is 0 Å². The third-order valence-electron chi connectivity index (χ3n) is 2.33. The van der Waals surface area contributed by atoms with E-state index in [1.807, 2.05) is 6.92 Å². The number of ether oxygens (including phenoxy) is 1. The summed E-state index contributed by atoms with van der Waals surface area (Å²) in [6.45, 7) is 10.7. The first kappa shape index (κ1) is 13.4. The molecule has 0 bridgehead atoms. The molecule has 0 rings (SSSR count). The summed E-state index contributed by atoms with van der Waals surface area (Å²) in [5, 5.41) is 8.01. The quantitative estimate of drug-likeness (QED) is 0.506. The number of amidine groups is 1. The van der Waals surface area contributed by atoms with Crippen LogP contribution in [-0.4, -0.2) is 36.5 Å². The molecule has 14 heavy (non-hydrogen) atoms. The number of rotatable bonds is 7. The largest absolute Gasteiger partial charge is 0.371 e. The lowest BCUT2D eigenvalue weighted by Gasteiger charge is -2.27. The molecule has 0 amide bonds. The van der Waals surface area contributed by atoms with Crippen molar-refractivity contribution in [2.45, 2.75) is 46.6 Å². The molecule has 0 saturated heterocycles. The molecule has 0 aliphatic carbocycles. The molecule has 0 aromatic carbocycles. The van der Waals surface area contributed by atoms with E-state index in [1.165, 1.54) is 0 Å². The van der Waals surface area contributed by atoms with Crippen LogP contribution in [-0.2, 0) is 4.74 Å². The van der Waals surface area contributed by atoms with E-state index >= 15 is 0 Å². The van der Waals surface area contributed by atoms with Crippen LogP contribution in [0.25, 0.3) is 0 Å². The SMILES string of the molecule is CCCC(OCC)C(=N)N(CC)CC. The van der Waals surface area contributed by atoms with Gasteiger partial charge in [-0.1, -0.05) is 13.3 Å². The Morgan fingerprint density at radius 1 is 1.21 bits per heavy atom. The number of hydrogen-bond donors (Lipinski definition) is 1. The number of hydrogen-bond acceptors (Lipinski definition) is 2. The summed E-state index contributed by atoms with van der Waals surface area (Å²) in [6, 6.07) is 0. The van der Waals surface area contributed by atoms with E-state index in [-0.39, 0.29) is 6.10 Å². The third kappa shape index (κ3) is 4.09. The summed E-state index contributed by atoms with van der Waals surface area (Å²) in [4.78, 5) is 2.05. The van der Waals surface area contributed by atoms with Crippen molar-refractivity contribution in [2.24, 2.45) is 0 Å². The molecule has 84 valence electrons. The maximum atomic E-state index is 8.01. The van der Waals surface area contributed by atoms with E-state index in [1.54, 1.807) is 0 Å². The Morgan fingerprint density at radius 2 is 1.79 bits per heavy atom. The second kappa shape index (κ2) is 7.80. The zero-order valence-electron chi connectivity index (χ0n) is 9.97. The number of nitrogens with one attached hydrogen (secondary N) is 1. The smallest absolute Gasteiger partial charge is 0.126 e. The molecular weight excluding hydrogens is 176 g/mol. The van der Waals surface area contributed by atoms with Gasteiger partial charge in [0.2, 0.25) is 0 Å². The Labute approximate surface area is 87.9 Å². The highest BCUT2D eigenvalue weighted by Crippen LogP contribution is 2.07. The standard InChI is InChI=1S/C11H24N2O/c1-5-9-10(14-8-4)11(12)13(6-2)7-3/h10,12H,5-9H2,1-4H3. The molecule has 0 aromatic rings. The highest BCUT2D eigenvalue weighted by Gasteiger charge is 2.17. The van der Waals surface area contributed by atoms with E-state index < -0.39 is 0 Å². The minimum Gasteiger partial charge on any atom is -0.371 e. The van der Waals surface area contributed by atoms with Gasteiger partial charge in [0.15, 0.2) is 0 Å². The molecule has 0 radical (unpaired) electrons. The van der Waals surface area contributed by atoms with Crippen molar-refractivity contribution in [3.05, 3.63) is 0 Å². The molecule has 1 atom stereocenters. The van der Waals surface area contributed by atoms with Crippen LogP contribution in [0.2, 0.25) is 0 Å². The van der Waals surface area contributed by atoms with E-state index in [2.05, 4.69) is 25.7 Å². The van der Waals surface area contributed by atoms with Crippen LogP contribution in [0.5, 0.6) is 0 Å². The Hall–Kier alpha value is -0.570. The predicted molar refractivity (Wildman–Crippen MR) is 61.0 cm³/mol. The molecule has 1 N–H and O–H groups in total. The fourth-order valence-corrected chi connectivity index (χ4v) is 1.53. The van der Waals surface area contributed by atoms with Crippen molar-refractivity contribution >= 4 is 5.84 Å². The summed E-state index contributed by atoms with van der Waals surface area (Å²) in [6.07, 6.45) is 2.00. The lowest BCUT2D eigenvalue weighted by atomic mass is 10.1. The van der Waals surface area contributed by atoms with Crippen molar-refractivity contribution in [3.8, 4) is 0 Å². The summed E-state index contributed by atoms with van der Waals surface area (Å²) in [5.41, 5.74) is 0. The molecule has 1 unspecified atom stereocenters. The van der Waals surface area contributed by atoms with E-state index in [0.29, 0.717) is 12.4 Å². The first-order valence-corrected chi connectivity index (χ1v) is 5.66. The summed E-state index contributed by atoms with van der Waals surface area (Å²) in [5.74, 6) is 0.638. The van der Waals surface area contributed by atoms with Crippen molar-refractivity contribution < 1.29 is 4.74 Å². The summed E-state index contributed by atoms with van der Waals surface area (Å²) < 4.78 is 5.56. The van der Waals surface area contributed by atoms with Gasteiger partial charge in [-0.15, -0.1) is 0 Å². The molecule has 0 heterocycles. The van der Waals surface area contributed by atoms with Gasteiger partial charge >= 0.3 is 0 Å². The van der Waals surface area contributed by atoms with Crippen LogP contribution < -0.4 is 0 Å². The van der Waals surface area contributed by atoms with Crippen molar-refractivity contribution in [1.82, 2.24) is 4.90 Å². The van der Waals surface area contributed by atoms with Crippen LogP contribution in [0.1, 0.15) is 40.5 Å². The van der Waals surface area contributed by atoms with Crippen LogP contribution in [0, 0.1) is 5.41 Å². The van der Waals surface area contributed by atoms with E-state index in [0.717, 1.165) is 25.9 Å². The maximum absolute atomic E-state index is 8.01. The first-order chi connectivity index (χ1) is 6.71. The van der Waals surface area contributed by atoms with Crippen LogP contribution in [0.15, 0.2) is 0 Å². The van der Waals surface area contributed by atoms with Gasteiger partial charge in [0.25, 0.3) is 0 Å².